The number of aryl methyl sites for hydroxylation is 1. The minimum atomic E-state index is -0.742. The van der Waals surface area contributed by atoms with Gasteiger partial charge in [-0.1, -0.05) is 15.9 Å². The van der Waals surface area contributed by atoms with Crippen LogP contribution in [0, 0.1) is 6.92 Å². The Morgan fingerprint density at radius 1 is 1.53 bits per heavy atom. The number of carboxylic acids is 1. The topological polar surface area (TPSA) is 46.5 Å². The molecule has 4 heteroatoms. The molecule has 1 aliphatic carbocycles. The van der Waals surface area contributed by atoms with Gasteiger partial charge in [0, 0.05) is 9.89 Å². The highest BCUT2D eigenvalue weighted by molar-refractivity contribution is 9.10. The summed E-state index contributed by atoms with van der Waals surface area (Å²) in [5.74, 6) is 0.0776. The molecule has 0 saturated heterocycles. The lowest BCUT2D eigenvalue weighted by Crippen LogP contribution is -2.14. The van der Waals surface area contributed by atoms with Gasteiger partial charge in [-0.15, -0.1) is 0 Å². The van der Waals surface area contributed by atoms with Crippen molar-refractivity contribution in [3.63, 3.8) is 0 Å². The van der Waals surface area contributed by atoms with Crippen molar-refractivity contribution in [3.05, 3.63) is 27.7 Å². The van der Waals surface area contributed by atoms with Gasteiger partial charge in [-0.2, -0.15) is 0 Å². The minimum Gasteiger partial charge on any atom is -0.496 e. The van der Waals surface area contributed by atoms with Crippen molar-refractivity contribution < 1.29 is 14.6 Å². The van der Waals surface area contributed by atoms with E-state index in [4.69, 9.17) is 9.84 Å². The van der Waals surface area contributed by atoms with Gasteiger partial charge >= 0.3 is 5.97 Å². The van der Waals surface area contributed by atoms with E-state index in [2.05, 4.69) is 15.9 Å². The summed E-state index contributed by atoms with van der Waals surface area (Å²) in [7, 11) is 1.64. The summed E-state index contributed by atoms with van der Waals surface area (Å²) in [6.45, 7) is 1.98. The molecule has 1 aliphatic rings. The molecule has 92 valence electrons. The van der Waals surface area contributed by atoms with Crippen LogP contribution in [0.2, 0.25) is 0 Å². The number of benzene rings is 1. The van der Waals surface area contributed by atoms with Crippen molar-refractivity contribution in [1.29, 1.82) is 0 Å². The molecular formula is C13H15BrO3. The largest absolute Gasteiger partial charge is 0.496 e. The number of halogens is 1. The summed E-state index contributed by atoms with van der Waals surface area (Å²) in [4.78, 5) is 10.9. The molecule has 0 spiro atoms. The van der Waals surface area contributed by atoms with E-state index in [1.807, 2.05) is 19.1 Å². The number of methoxy groups -OCH3 is 1. The van der Waals surface area contributed by atoms with Crippen LogP contribution in [0.1, 0.15) is 30.4 Å². The molecule has 0 aromatic heterocycles. The smallest absolute Gasteiger partial charge is 0.304 e. The second kappa shape index (κ2) is 4.33. The Kier molecular flexibility index (Phi) is 3.17. The number of carbonyl (C=O) groups is 1. The Bertz CT molecular complexity index is 464. The molecule has 1 aromatic rings. The number of aliphatic carboxylic acids is 1. The van der Waals surface area contributed by atoms with Crippen LogP contribution in [0.25, 0.3) is 0 Å². The van der Waals surface area contributed by atoms with E-state index in [1.54, 1.807) is 7.11 Å². The molecule has 1 N–H and O–H groups in total. The number of ether oxygens (including phenoxy) is 1. The first-order valence-electron chi connectivity index (χ1n) is 5.55. The third kappa shape index (κ3) is 2.32. The highest BCUT2D eigenvalue weighted by Gasteiger charge is 2.47. The Morgan fingerprint density at radius 3 is 2.65 bits per heavy atom. The van der Waals surface area contributed by atoms with Gasteiger partial charge in [-0.25, -0.2) is 0 Å². The maximum atomic E-state index is 10.9. The average molecular weight is 299 g/mol. The first kappa shape index (κ1) is 12.4. The van der Waals surface area contributed by atoms with Gasteiger partial charge in [0.25, 0.3) is 0 Å². The van der Waals surface area contributed by atoms with Gasteiger partial charge < -0.3 is 9.84 Å². The summed E-state index contributed by atoms with van der Waals surface area (Å²) < 4.78 is 6.28. The maximum absolute atomic E-state index is 10.9. The van der Waals surface area contributed by atoms with Crippen LogP contribution in [-0.2, 0) is 10.2 Å². The van der Waals surface area contributed by atoms with E-state index < -0.39 is 5.97 Å². The standard InChI is InChI=1S/C13H15BrO3/c1-8-5-10(14)9(6-11(8)17-2)13(3-4-13)7-12(15)16/h5-6H,3-4,7H2,1-2H3,(H,15,16). The summed E-state index contributed by atoms with van der Waals surface area (Å²) in [6, 6.07) is 3.96. The summed E-state index contributed by atoms with van der Waals surface area (Å²) in [6.07, 6.45) is 2.06. The Balaban J connectivity index is 2.42. The fourth-order valence-corrected chi connectivity index (χ4v) is 3.14. The molecule has 1 fully saturated rings. The SMILES string of the molecule is COc1cc(C2(CC(=O)O)CC2)c(Br)cc1C. The third-order valence-corrected chi connectivity index (χ3v) is 4.06. The van der Waals surface area contributed by atoms with Crippen LogP contribution in [0.15, 0.2) is 16.6 Å². The Hall–Kier alpha value is -1.03. The van der Waals surface area contributed by atoms with Gasteiger partial charge in [0.1, 0.15) is 5.75 Å². The number of carboxylic acid groups (broad SMARTS) is 1. The van der Waals surface area contributed by atoms with E-state index in [-0.39, 0.29) is 11.8 Å². The maximum Gasteiger partial charge on any atom is 0.304 e. The highest BCUT2D eigenvalue weighted by Crippen LogP contribution is 2.54. The van der Waals surface area contributed by atoms with Crippen molar-refractivity contribution in [3.8, 4) is 5.75 Å². The summed E-state index contributed by atoms with van der Waals surface area (Å²) in [5.41, 5.74) is 1.92. The second-order valence-corrected chi connectivity index (χ2v) is 5.51. The first-order chi connectivity index (χ1) is 7.98. The predicted molar refractivity (Wildman–Crippen MR) is 68.6 cm³/mol. The number of hydrogen-bond donors (Lipinski definition) is 1. The lowest BCUT2D eigenvalue weighted by atomic mass is 9.91. The van der Waals surface area contributed by atoms with Gasteiger partial charge in [0.15, 0.2) is 0 Å². The average Bonchev–Trinajstić information content (AvgIpc) is 2.97. The van der Waals surface area contributed by atoms with Crippen LogP contribution < -0.4 is 4.74 Å². The van der Waals surface area contributed by atoms with Gasteiger partial charge in [-0.05, 0) is 43.0 Å². The molecule has 0 bridgehead atoms. The molecule has 0 heterocycles. The highest BCUT2D eigenvalue weighted by atomic mass is 79.9. The molecule has 1 aromatic carbocycles. The van der Waals surface area contributed by atoms with Crippen LogP contribution >= 0.6 is 15.9 Å². The summed E-state index contributed by atoms with van der Waals surface area (Å²) >= 11 is 3.53. The van der Waals surface area contributed by atoms with E-state index >= 15 is 0 Å². The zero-order chi connectivity index (χ0) is 12.6. The first-order valence-corrected chi connectivity index (χ1v) is 6.34. The summed E-state index contributed by atoms with van der Waals surface area (Å²) in [5, 5.41) is 8.98. The van der Waals surface area contributed by atoms with Crippen molar-refractivity contribution in [2.24, 2.45) is 0 Å². The molecular weight excluding hydrogens is 284 g/mol. The molecule has 0 radical (unpaired) electrons. The van der Waals surface area contributed by atoms with E-state index in [0.29, 0.717) is 0 Å². The lowest BCUT2D eigenvalue weighted by molar-refractivity contribution is -0.137. The molecule has 0 aliphatic heterocycles. The normalized spacial score (nSPS) is 16.6. The molecule has 0 amide bonds. The zero-order valence-corrected chi connectivity index (χ0v) is 11.5. The van der Waals surface area contributed by atoms with E-state index in [0.717, 1.165) is 34.2 Å². The quantitative estimate of drug-likeness (QED) is 0.928. The van der Waals surface area contributed by atoms with Gasteiger partial charge in [0.2, 0.25) is 0 Å². The van der Waals surface area contributed by atoms with Crippen LogP contribution in [-0.4, -0.2) is 18.2 Å². The third-order valence-electron chi connectivity index (χ3n) is 3.40. The van der Waals surface area contributed by atoms with Gasteiger partial charge in [-0.3, -0.25) is 4.79 Å². The predicted octanol–water partition coefficient (Wildman–Crippen LogP) is 3.27. The monoisotopic (exact) mass is 298 g/mol. The molecule has 0 unspecified atom stereocenters. The number of rotatable bonds is 4. The molecule has 3 nitrogen and oxygen atoms in total. The van der Waals surface area contributed by atoms with Crippen molar-refractivity contribution in [2.45, 2.75) is 31.6 Å². The molecule has 1 saturated carbocycles. The minimum absolute atomic E-state index is 0.189. The van der Waals surface area contributed by atoms with Crippen molar-refractivity contribution in [2.75, 3.05) is 7.11 Å². The van der Waals surface area contributed by atoms with Crippen LogP contribution in [0.3, 0.4) is 0 Å². The zero-order valence-electron chi connectivity index (χ0n) is 9.92. The fourth-order valence-electron chi connectivity index (χ4n) is 2.26. The molecule has 0 atom stereocenters. The van der Waals surface area contributed by atoms with Gasteiger partial charge in [0.05, 0.1) is 13.5 Å². The second-order valence-electron chi connectivity index (χ2n) is 4.65. The van der Waals surface area contributed by atoms with E-state index in [9.17, 15) is 4.79 Å². The van der Waals surface area contributed by atoms with Crippen molar-refractivity contribution in [1.82, 2.24) is 0 Å². The lowest BCUT2D eigenvalue weighted by Gasteiger charge is -2.17. The Morgan fingerprint density at radius 2 is 2.18 bits per heavy atom. The molecule has 2 rings (SSSR count). The van der Waals surface area contributed by atoms with Crippen molar-refractivity contribution >= 4 is 21.9 Å². The van der Waals surface area contributed by atoms with E-state index in [1.165, 1.54) is 0 Å². The molecule has 17 heavy (non-hydrogen) atoms. The Labute approximate surface area is 109 Å². The fraction of sp³-hybridized carbons (Fsp3) is 0.462. The van der Waals surface area contributed by atoms with Crippen LogP contribution in [0.5, 0.6) is 5.75 Å². The number of hydrogen-bond acceptors (Lipinski definition) is 2. The van der Waals surface area contributed by atoms with Crippen LogP contribution in [0.4, 0.5) is 0 Å².